The molecule has 0 atom stereocenters. The van der Waals surface area contributed by atoms with Crippen LogP contribution < -0.4 is 10.0 Å². The van der Waals surface area contributed by atoms with E-state index in [0.29, 0.717) is 23.9 Å². The summed E-state index contributed by atoms with van der Waals surface area (Å²) in [5, 5.41) is 2.74. The summed E-state index contributed by atoms with van der Waals surface area (Å²) in [5.74, 6) is -1.91. The second-order valence-electron chi connectivity index (χ2n) is 6.22. The van der Waals surface area contributed by atoms with Gasteiger partial charge < -0.3 is 5.32 Å². The smallest absolute Gasteiger partial charge is 0.261 e. The van der Waals surface area contributed by atoms with E-state index in [2.05, 4.69) is 10.0 Å². The highest BCUT2D eigenvalue weighted by Gasteiger charge is 2.16. The molecule has 30 heavy (non-hydrogen) atoms. The van der Waals surface area contributed by atoms with Crippen LogP contribution in [0.15, 0.2) is 82.6 Å². The molecule has 0 aliphatic carbocycles. The number of amides is 1. The van der Waals surface area contributed by atoms with Crippen LogP contribution in [0.2, 0.25) is 0 Å². The Balaban J connectivity index is 1.54. The van der Waals surface area contributed by atoms with E-state index < -0.39 is 26.6 Å². The number of carbonyl (C=O) groups excluding carboxylic acids is 1. The van der Waals surface area contributed by atoms with Crippen molar-refractivity contribution in [2.24, 2.45) is 0 Å². The quantitative estimate of drug-likeness (QED) is 0.482. The minimum Gasteiger partial charge on any atom is -0.326 e. The number of sulfonamides is 1. The van der Waals surface area contributed by atoms with Crippen molar-refractivity contribution in [2.75, 3.05) is 15.8 Å². The number of halogens is 2. The summed E-state index contributed by atoms with van der Waals surface area (Å²) < 4.78 is 53.2. The average molecular weight is 449 g/mol. The molecule has 3 rings (SSSR count). The molecule has 0 aromatic heterocycles. The first-order valence-electron chi connectivity index (χ1n) is 8.89. The molecule has 0 saturated carbocycles. The summed E-state index contributed by atoms with van der Waals surface area (Å²) in [6.45, 7) is 0. The summed E-state index contributed by atoms with van der Waals surface area (Å²) in [6, 6.07) is 18.1. The fourth-order valence-corrected chi connectivity index (χ4v) is 4.42. The molecule has 0 unspecified atom stereocenters. The van der Waals surface area contributed by atoms with Gasteiger partial charge >= 0.3 is 0 Å². The lowest BCUT2D eigenvalue weighted by Crippen LogP contribution is -2.14. The van der Waals surface area contributed by atoms with Gasteiger partial charge in [0.2, 0.25) is 5.91 Å². The maximum atomic E-state index is 13.3. The number of anilines is 2. The number of carbonyl (C=O) groups is 1. The van der Waals surface area contributed by atoms with Crippen molar-refractivity contribution >= 4 is 39.1 Å². The number of hydrogen-bond donors (Lipinski definition) is 2. The number of nitrogens with one attached hydrogen (secondary N) is 2. The topological polar surface area (TPSA) is 75.3 Å². The van der Waals surface area contributed by atoms with Crippen LogP contribution in [0.1, 0.15) is 6.42 Å². The van der Waals surface area contributed by atoms with Gasteiger partial charge in [-0.1, -0.05) is 18.2 Å². The Labute approximate surface area is 177 Å². The Hall–Kier alpha value is -2.91. The van der Waals surface area contributed by atoms with E-state index in [0.717, 1.165) is 17.0 Å². The molecule has 2 N–H and O–H groups in total. The summed E-state index contributed by atoms with van der Waals surface area (Å²) >= 11 is 1.58. The van der Waals surface area contributed by atoms with Crippen LogP contribution in [0.4, 0.5) is 20.2 Å². The molecule has 156 valence electrons. The Kier molecular flexibility index (Phi) is 7.07. The van der Waals surface area contributed by atoms with Gasteiger partial charge in [-0.15, -0.1) is 11.8 Å². The molecule has 5 nitrogen and oxygen atoms in total. The molecule has 3 aromatic rings. The third-order valence-corrected chi connectivity index (χ3v) is 6.36. The lowest BCUT2D eigenvalue weighted by atomic mass is 10.3. The van der Waals surface area contributed by atoms with Crippen molar-refractivity contribution in [1.82, 2.24) is 0 Å². The SMILES string of the molecule is O=C(CCSc1ccccc1)Nc1ccc(NS(=O)(=O)c2ccc(F)c(F)c2)cc1. The highest BCUT2D eigenvalue weighted by Crippen LogP contribution is 2.21. The minimum absolute atomic E-state index is 0.159. The molecule has 1 amide bonds. The second kappa shape index (κ2) is 9.73. The zero-order valence-corrected chi connectivity index (χ0v) is 17.3. The summed E-state index contributed by atoms with van der Waals surface area (Å²) in [6.07, 6.45) is 0.323. The molecule has 0 heterocycles. The average Bonchev–Trinajstić information content (AvgIpc) is 2.72. The third-order valence-electron chi connectivity index (χ3n) is 3.96. The van der Waals surface area contributed by atoms with Gasteiger partial charge in [-0.2, -0.15) is 0 Å². The van der Waals surface area contributed by atoms with Crippen LogP contribution >= 0.6 is 11.8 Å². The van der Waals surface area contributed by atoms with Gasteiger partial charge in [0, 0.05) is 28.4 Å². The summed E-state index contributed by atoms with van der Waals surface area (Å²) in [5.41, 5.74) is 0.734. The first-order chi connectivity index (χ1) is 14.3. The van der Waals surface area contributed by atoms with Gasteiger partial charge in [0.05, 0.1) is 4.90 Å². The van der Waals surface area contributed by atoms with Gasteiger partial charge in [-0.3, -0.25) is 9.52 Å². The zero-order valence-electron chi connectivity index (χ0n) is 15.6. The van der Waals surface area contributed by atoms with Gasteiger partial charge in [0.1, 0.15) is 0 Å². The Morgan fingerprint density at radius 3 is 2.20 bits per heavy atom. The van der Waals surface area contributed by atoms with Crippen LogP contribution in [-0.2, 0) is 14.8 Å². The van der Waals surface area contributed by atoms with Crippen molar-refractivity contribution < 1.29 is 22.0 Å². The van der Waals surface area contributed by atoms with Crippen LogP contribution in [0.3, 0.4) is 0 Å². The molecular formula is C21H18F2N2O3S2. The molecular weight excluding hydrogens is 430 g/mol. The maximum Gasteiger partial charge on any atom is 0.261 e. The summed E-state index contributed by atoms with van der Waals surface area (Å²) in [4.78, 5) is 12.8. The van der Waals surface area contributed by atoms with Crippen molar-refractivity contribution in [3.05, 3.63) is 84.4 Å². The molecule has 0 bridgehead atoms. The Morgan fingerprint density at radius 2 is 1.53 bits per heavy atom. The van der Waals surface area contributed by atoms with Crippen LogP contribution in [0.5, 0.6) is 0 Å². The van der Waals surface area contributed by atoms with Gasteiger partial charge in [0.25, 0.3) is 10.0 Å². The van der Waals surface area contributed by atoms with E-state index in [1.165, 1.54) is 12.1 Å². The first kappa shape index (κ1) is 21.8. The van der Waals surface area contributed by atoms with E-state index >= 15 is 0 Å². The van der Waals surface area contributed by atoms with Gasteiger partial charge in [-0.25, -0.2) is 17.2 Å². The molecule has 9 heteroatoms. The lowest BCUT2D eigenvalue weighted by molar-refractivity contribution is -0.115. The van der Waals surface area contributed by atoms with Crippen molar-refractivity contribution in [3.63, 3.8) is 0 Å². The van der Waals surface area contributed by atoms with E-state index in [1.54, 1.807) is 23.9 Å². The second-order valence-corrected chi connectivity index (χ2v) is 9.07. The predicted octanol–water partition coefficient (Wildman–Crippen LogP) is 4.89. The molecule has 0 aliphatic heterocycles. The molecule has 0 aliphatic rings. The molecule has 0 radical (unpaired) electrons. The zero-order chi connectivity index (χ0) is 21.6. The van der Waals surface area contributed by atoms with Crippen molar-refractivity contribution in [2.45, 2.75) is 16.2 Å². The number of benzene rings is 3. The van der Waals surface area contributed by atoms with Crippen LogP contribution in [-0.4, -0.2) is 20.1 Å². The van der Waals surface area contributed by atoms with E-state index in [9.17, 15) is 22.0 Å². The molecule has 0 spiro atoms. The van der Waals surface area contributed by atoms with Crippen LogP contribution in [0, 0.1) is 11.6 Å². The fourth-order valence-electron chi connectivity index (χ4n) is 2.48. The molecule has 3 aromatic carbocycles. The highest BCUT2D eigenvalue weighted by atomic mass is 32.2. The fraction of sp³-hybridized carbons (Fsp3) is 0.0952. The molecule has 0 fully saturated rings. The van der Waals surface area contributed by atoms with E-state index in [4.69, 9.17) is 0 Å². The minimum atomic E-state index is -4.07. The lowest BCUT2D eigenvalue weighted by Gasteiger charge is -2.10. The van der Waals surface area contributed by atoms with Crippen LogP contribution in [0.25, 0.3) is 0 Å². The van der Waals surface area contributed by atoms with Gasteiger partial charge in [0.15, 0.2) is 11.6 Å². The van der Waals surface area contributed by atoms with Crippen molar-refractivity contribution in [1.29, 1.82) is 0 Å². The first-order valence-corrected chi connectivity index (χ1v) is 11.4. The van der Waals surface area contributed by atoms with E-state index in [1.807, 2.05) is 30.3 Å². The standard InChI is InChI=1S/C21H18F2N2O3S2/c22-19-11-10-18(14-20(19)23)30(27,28)25-16-8-6-15(7-9-16)24-21(26)12-13-29-17-4-2-1-3-5-17/h1-11,14,25H,12-13H2,(H,24,26). The van der Waals surface area contributed by atoms with Gasteiger partial charge in [-0.05, 0) is 54.6 Å². The number of thioether (sulfide) groups is 1. The van der Waals surface area contributed by atoms with E-state index in [-0.39, 0.29) is 11.6 Å². The summed E-state index contributed by atoms with van der Waals surface area (Å²) in [7, 11) is -4.07. The third kappa shape index (κ3) is 6.04. The number of hydrogen-bond acceptors (Lipinski definition) is 4. The largest absolute Gasteiger partial charge is 0.326 e. The molecule has 0 saturated heterocycles. The number of rotatable bonds is 8. The Morgan fingerprint density at radius 1 is 0.867 bits per heavy atom. The predicted molar refractivity (Wildman–Crippen MR) is 114 cm³/mol. The maximum absolute atomic E-state index is 13.3. The highest BCUT2D eigenvalue weighted by molar-refractivity contribution is 7.99. The Bertz CT molecular complexity index is 1120. The normalized spacial score (nSPS) is 11.1. The monoisotopic (exact) mass is 448 g/mol. The van der Waals surface area contributed by atoms with Crippen molar-refractivity contribution in [3.8, 4) is 0 Å².